The topological polar surface area (TPSA) is 32.8 Å². The fraction of sp³-hybridized carbons (Fsp3) is 0.389. The Morgan fingerprint density at radius 3 is 2.50 bits per heavy atom. The van der Waals surface area contributed by atoms with Crippen LogP contribution in [-0.4, -0.2) is 48.9 Å². The number of alkyl halides is 2. The van der Waals surface area contributed by atoms with Crippen LogP contribution in [0.15, 0.2) is 54.4 Å². The number of nitrogens with zero attached hydrogens (tertiary/aromatic N) is 2. The minimum Gasteiger partial charge on any atom is -0.461 e. The van der Waals surface area contributed by atoms with E-state index >= 15 is 0 Å². The summed E-state index contributed by atoms with van der Waals surface area (Å²) >= 11 is 11.5. The van der Waals surface area contributed by atoms with Gasteiger partial charge in [0, 0.05) is 55.9 Å². The number of ether oxygens (including phenoxy) is 1. The lowest BCUT2D eigenvalue weighted by atomic mass is 10.1. The summed E-state index contributed by atoms with van der Waals surface area (Å²) in [4.78, 5) is 16.3. The average Bonchev–Trinajstić information content (AvgIpc) is 2.63. The lowest BCUT2D eigenvalue weighted by Gasteiger charge is -2.22. The maximum Gasteiger partial charge on any atom is 0.335 e. The van der Waals surface area contributed by atoms with Gasteiger partial charge in [-0.15, -0.1) is 23.2 Å². The fourth-order valence-corrected chi connectivity index (χ4v) is 2.87. The molecule has 4 nitrogen and oxygen atoms in total. The van der Waals surface area contributed by atoms with Gasteiger partial charge in [0.25, 0.3) is 0 Å². The molecule has 24 heavy (non-hydrogen) atoms. The number of allylic oxidation sites excluding steroid dienone is 1. The molecule has 0 aromatic heterocycles. The maximum absolute atomic E-state index is 12.3. The molecule has 1 aliphatic rings. The molecule has 2 rings (SSSR count). The Hall–Kier alpha value is -1.49. The Morgan fingerprint density at radius 2 is 1.83 bits per heavy atom. The summed E-state index contributed by atoms with van der Waals surface area (Å²) in [5, 5.41) is 0. The van der Waals surface area contributed by atoms with Gasteiger partial charge < -0.3 is 9.64 Å². The average molecular weight is 369 g/mol. The summed E-state index contributed by atoms with van der Waals surface area (Å²) in [6.45, 7) is 2.44. The van der Waals surface area contributed by atoms with E-state index in [4.69, 9.17) is 27.9 Å². The van der Waals surface area contributed by atoms with Crippen LogP contribution in [0, 0.1) is 0 Å². The Kier molecular flexibility index (Phi) is 8.16. The van der Waals surface area contributed by atoms with Crippen LogP contribution in [-0.2, 0) is 9.53 Å². The van der Waals surface area contributed by atoms with Crippen molar-refractivity contribution in [3.8, 4) is 0 Å². The standard InChI is InChI=1S/C18H22Cl2N2O2/c19-8-11-21(12-9-20)13-14-24-18(23)16-5-4-10-22(15-16)17-6-2-1-3-7-17/h1-4,6-7,10,15H,5,8-9,11-14H2. The second-order valence-electron chi connectivity index (χ2n) is 5.34. The number of carbonyl (C=O) groups is 1. The van der Waals surface area contributed by atoms with Gasteiger partial charge in [-0.05, 0) is 12.1 Å². The number of hydrogen-bond acceptors (Lipinski definition) is 4. The number of benzene rings is 1. The number of para-hydroxylation sites is 1. The molecule has 1 aromatic carbocycles. The van der Waals surface area contributed by atoms with Gasteiger partial charge in [-0.25, -0.2) is 4.79 Å². The molecule has 0 unspecified atom stereocenters. The minimum atomic E-state index is -0.281. The van der Waals surface area contributed by atoms with Crippen LogP contribution in [0.1, 0.15) is 6.42 Å². The molecule has 0 atom stereocenters. The number of halogens is 2. The van der Waals surface area contributed by atoms with Crippen molar-refractivity contribution in [2.75, 3.05) is 42.9 Å². The van der Waals surface area contributed by atoms with Gasteiger partial charge in [0.05, 0.1) is 5.57 Å². The van der Waals surface area contributed by atoms with Gasteiger partial charge >= 0.3 is 5.97 Å². The predicted molar refractivity (Wildman–Crippen MR) is 99.6 cm³/mol. The van der Waals surface area contributed by atoms with E-state index in [2.05, 4.69) is 4.90 Å². The van der Waals surface area contributed by atoms with E-state index in [0.29, 0.717) is 36.9 Å². The quantitative estimate of drug-likeness (QED) is 0.492. The van der Waals surface area contributed by atoms with Crippen molar-refractivity contribution in [1.82, 2.24) is 4.90 Å². The van der Waals surface area contributed by atoms with Crippen LogP contribution < -0.4 is 4.90 Å². The van der Waals surface area contributed by atoms with E-state index in [0.717, 1.165) is 18.8 Å². The number of carbonyl (C=O) groups excluding carboxylic acids is 1. The lowest BCUT2D eigenvalue weighted by molar-refractivity contribution is -0.139. The Balaban J connectivity index is 1.86. The zero-order valence-corrected chi connectivity index (χ0v) is 15.0. The highest BCUT2D eigenvalue weighted by atomic mass is 35.5. The monoisotopic (exact) mass is 368 g/mol. The summed E-state index contributed by atoms with van der Waals surface area (Å²) in [6.07, 6.45) is 6.31. The summed E-state index contributed by atoms with van der Waals surface area (Å²) in [6, 6.07) is 9.87. The second kappa shape index (κ2) is 10.4. The van der Waals surface area contributed by atoms with E-state index < -0.39 is 0 Å². The van der Waals surface area contributed by atoms with Crippen molar-refractivity contribution < 1.29 is 9.53 Å². The van der Waals surface area contributed by atoms with Crippen LogP contribution in [0.2, 0.25) is 0 Å². The third-order valence-electron chi connectivity index (χ3n) is 3.66. The third kappa shape index (κ3) is 5.86. The molecule has 0 aliphatic carbocycles. The van der Waals surface area contributed by atoms with Crippen LogP contribution in [0.3, 0.4) is 0 Å². The van der Waals surface area contributed by atoms with E-state index in [1.807, 2.05) is 53.7 Å². The van der Waals surface area contributed by atoms with Crippen molar-refractivity contribution in [1.29, 1.82) is 0 Å². The molecule has 0 bridgehead atoms. The van der Waals surface area contributed by atoms with Gasteiger partial charge in [0.2, 0.25) is 0 Å². The summed E-state index contributed by atoms with van der Waals surface area (Å²) in [5.74, 6) is 0.789. The molecule has 0 fully saturated rings. The van der Waals surface area contributed by atoms with Crippen molar-refractivity contribution in [3.63, 3.8) is 0 Å². The highest BCUT2D eigenvalue weighted by Gasteiger charge is 2.15. The van der Waals surface area contributed by atoms with E-state index in [1.165, 1.54) is 0 Å². The molecule has 1 aliphatic heterocycles. The SMILES string of the molecule is O=C(OCCN(CCCl)CCCl)C1=CN(c2ccccc2)C=CC1. The summed E-state index contributed by atoms with van der Waals surface area (Å²) in [5.41, 5.74) is 1.65. The molecule has 6 heteroatoms. The molecule has 0 radical (unpaired) electrons. The van der Waals surface area contributed by atoms with Crippen LogP contribution in [0.25, 0.3) is 0 Å². The molecule has 130 valence electrons. The van der Waals surface area contributed by atoms with Gasteiger partial charge in [-0.1, -0.05) is 24.3 Å². The number of hydrogen-bond donors (Lipinski definition) is 0. The first-order valence-electron chi connectivity index (χ1n) is 7.96. The first-order chi connectivity index (χ1) is 11.7. The van der Waals surface area contributed by atoms with Crippen LogP contribution >= 0.6 is 23.2 Å². The molecular formula is C18H22Cl2N2O2. The van der Waals surface area contributed by atoms with Crippen molar-refractivity contribution in [3.05, 3.63) is 54.4 Å². The maximum atomic E-state index is 12.3. The van der Waals surface area contributed by atoms with E-state index in [9.17, 15) is 4.79 Å². The highest BCUT2D eigenvalue weighted by Crippen LogP contribution is 2.21. The largest absolute Gasteiger partial charge is 0.461 e. The first kappa shape index (κ1) is 18.8. The van der Waals surface area contributed by atoms with Gasteiger partial charge in [0.1, 0.15) is 6.61 Å². The van der Waals surface area contributed by atoms with E-state index in [-0.39, 0.29) is 5.97 Å². The van der Waals surface area contributed by atoms with Gasteiger partial charge in [0.15, 0.2) is 0 Å². The van der Waals surface area contributed by atoms with Crippen molar-refractivity contribution in [2.24, 2.45) is 0 Å². The Labute approximate surface area is 153 Å². The zero-order chi connectivity index (χ0) is 17.2. The molecule has 0 amide bonds. The number of rotatable bonds is 9. The number of esters is 1. The van der Waals surface area contributed by atoms with E-state index in [1.54, 1.807) is 0 Å². The van der Waals surface area contributed by atoms with Crippen LogP contribution in [0.5, 0.6) is 0 Å². The highest BCUT2D eigenvalue weighted by molar-refractivity contribution is 6.18. The first-order valence-corrected chi connectivity index (χ1v) is 9.03. The zero-order valence-electron chi connectivity index (χ0n) is 13.5. The van der Waals surface area contributed by atoms with Gasteiger partial charge in [-0.3, -0.25) is 4.90 Å². The molecule has 0 saturated heterocycles. The second-order valence-corrected chi connectivity index (χ2v) is 6.10. The molecular weight excluding hydrogens is 347 g/mol. The van der Waals surface area contributed by atoms with Crippen molar-refractivity contribution >= 4 is 34.9 Å². The predicted octanol–water partition coefficient (Wildman–Crippen LogP) is 3.62. The van der Waals surface area contributed by atoms with Crippen molar-refractivity contribution in [2.45, 2.75) is 6.42 Å². The fourth-order valence-electron chi connectivity index (χ4n) is 2.39. The molecule has 1 heterocycles. The molecule has 0 spiro atoms. The lowest BCUT2D eigenvalue weighted by Crippen LogP contribution is -2.32. The molecule has 1 aromatic rings. The minimum absolute atomic E-state index is 0.281. The number of anilines is 1. The summed E-state index contributed by atoms with van der Waals surface area (Å²) in [7, 11) is 0. The third-order valence-corrected chi connectivity index (χ3v) is 4.00. The Morgan fingerprint density at radius 1 is 1.12 bits per heavy atom. The summed E-state index contributed by atoms with van der Waals surface area (Å²) < 4.78 is 5.39. The molecule has 0 N–H and O–H groups in total. The van der Waals surface area contributed by atoms with Gasteiger partial charge in [-0.2, -0.15) is 0 Å². The Bertz CT molecular complexity index is 570. The normalized spacial score (nSPS) is 14.0. The van der Waals surface area contributed by atoms with Crippen LogP contribution in [0.4, 0.5) is 5.69 Å². The molecule has 0 saturated carbocycles. The smallest absolute Gasteiger partial charge is 0.335 e.